The van der Waals surface area contributed by atoms with Gasteiger partial charge in [0.05, 0.1) is 12.4 Å². The Morgan fingerprint density at radius 1 is 1.45 bits per heavy atom. The Hall–Kier alpha value is -0.200. The van der Waals surface area contributed by atoms with Crippen LogP contribution in [0.25, 0.3) is 0 Å². The van der Waals surface area contributed by atoms with E-state index < -0.39 is 16.0 Å². The van der Waals surface area contributed by atoms with Crippen LogP contribution in [-0.2, 0) is 15.0 Å². The van der Waals surface area contributed by atoms with Crippen molar-refractivity contribution in [2.24, 2.45) is 0 Å². The molecule has 0 saturated carbocycles. The van der Waals surface area contributed by atoms with E-state index in [4.69, 9.17) is 0 Å². The maximum absolute atomic E-state index is 11.8. The smallest absolute Gasteiger partial charge is 0.303 e. The summed E-state index contributed by atoms with van der Waals surface area (Å²) in [7, 11) is -2.78. The summed E-state index contributed by atoms with van der Waals surface area (Å²) in [6.45, 7) is 1.15. The average molecular weight is 185 g/mol. The Morgan fingerprint density at radius 2 is 2.09 bits per heavy atom. The Morgan fingerprint density at radius 3 is 2.55 bits per heavy atom. The fraction of sp³-hybridized carbons (Fsp3) is 1.00. The largest absolute Gasteiger partial charge is 0.383 e. The van der Waals surface area contributed by atoms with Gasteiger partial charge in [0.15, 0.2) is 0 Å². The first-order valence-corrected chi connectivity index (χ1v) is 4.73. The molecular weight excluding hydrogens is 173 g/mol. The fourth-order valence-electron chi connectivity index (χ4n) is 0.493. The molecule has 0 amide bonds. The van der Waals surface area contributed by atoms with Gasteiger partial charge in [0.2, 0.25) is 0 Å². The van der Waals surface area contributed by atoms with Crippen LogP contribution in [0.15, 0.2) is 0 Å². The van der Waals surface area contributed by atoms with Gasteiger partial charge in [0, 0.05) is 20.2 Å². The van der Waals surface area contributed by atoms with E-state index in [0.717, 1.165) is 0 Å². The molecule has 0 aromatic carbocycles. The lowest BCUT2D eigenvalue weighted by molar-refractivity contribution is 0.200. The minimum Gasteiger partial charge on any atom is -0.383 e. The van der Waals surface area contributed by atoms with Crippen molar-refractivity contribution in [3.05, 3.63) is 0 Å². The van der Waals surface area contributed by atoms with Crippen LogP contribution in [0.2, 0.25) is 0 Å². The van der Waals surface area contributed by atoms with Crippen molar-refractivity contribution < 1.29 is 17.0 Å². The zero-order valence-electron chi connectivity index (χ0n) is 6.34. The normalized spacial score (nSPS) is 11.8. The second-order valence-electron chi connectivity index (χ2n) is 1.99. The Labute approximate surface area is 65.9 Å². The van der Waals surface area contributed by atoms with Crippen molar-refractivity contribution in [3.63, 3.8) is 0 Å². The summed E-state index contributed by atoms with van der Waals surface area (Å²) in [5, 5.41) is 2.70. The third-order valence-electron chi connectivity index (χ3n) is 1.01. The molecule has 4 nitrogen and oxygen atoms in total. The SMILES string of the molecule is COCCNCCS(=O)(=O)F. The molecule has 68 valence electrons. The van der Waals surface area contributed by atoms with E-state index in [9.17, 15) is 12.3 Å². The fourth-order valence-corrected chi connectivity index (χ4v) is 0.881. The third-order valence-corrected chi connectivity index (χ3v) is 1.70. The van der Waals surface area contributed by atoms with Crippen LogP contribution in [0, 0.1) is 0 Å². The highest BCUT2D eigenvalue weighted by molar-refractivity contribution is 7.86. The van der Waals surface area contributed by atoms with Gasteiger partial charge in [-0.05, 0) is 0 Å². The standard InChI is InChI=1S/C5H12FNO3S/c1-10-4-2-7-3-5-11(6,8)9/h7H,2-5H2,1H3. The molecule has 0 spiro atoms. The quantitative estimate of drug-likeness (QED) is 0.448. The zero-order valence-corrected chi connectivity index (χ0v) is 7.16. The molecule has 0 bridgehead atoms. The van der Waals surface area contributed by atoms with Crippen LogP contribution in [0.1, 0.15) is 0 Å². The first-order chi connectivity index (χ1) is 5.06. The van der Waals surface area contributed by atoms with Crippen molar-refractivity contribution in [3.8, 4) is 0 Å². The number of nitrogens with one attached hydrogen (secondary N) is 1. The van der Waals surface area contributed by atoms with Gasteiger partial charge < -0.3 is 10.1 Å². The predicted molar refractivity (Wildman–Crippen MR) is 39.6 cm³/mol. The van der Waals surface area contributed by atoms with E-state index in [1.807, 2.05) is 0 Å². The third kappa shape index (κ3) is 9.80. The van der Waals surface area contributed by atoms with Gasteiger partial charge in [0.25, 0.3) is 0 Å². The monoisotopic (exact) mass is 185 g/mol. The predicted octanol–water partition coefficient (Wildman–Crippen LogP) is -0.478. The molecule has 11 heavy (non-hydrogen) atoms. The first-order valence-electron chi connectivity index (χ1n) is 3.18. The summed E-state index contributed by atoms with van der Waals surface area (Å²) in [5.74, 6) is -0.475. The summed E-state index contributed by atoms with van der Waals surface area (Å²) < 4.78 is 36.3. The highest BCUT2D eigenvalue weighted by Crippen LogP contribution is 1.86. The van der Waals surface area contributed by atoms with Crippen LogP contribution >= 0.6 is 0 Å². The molecule has 1 N–H and O–H groups in total. The lowest BCUT2D eigenvalue weighted by Gasteiger charge is -2.00. The minimum atomic E-state index is -4.31. The lowest BCUT2D eigenvalue weighted by Crippen LogP contribution is -2.24. The molecule has 0 aliphatic rings. The number of hydrogen-bond acceptors (Lipinski definition) is 4. The molecule has 0 rings (SSSR count). The van der Waals surface area contributed by atoms with Crippen molar-refractivity contribution in [2.45, 2.75) is 0 Å². The second-order valence-corrected chi connectivity index (χ2v) is 3.47. The number of halogens is 1. The van der Waals surface area contributed by atoms with Gasteiger partial charge in [-0.3, -0.25) is 0 Å². The van der Waals surface area contributed by atoms with Gasteiger partial charge in [-0.25, -0.2) is 0 Å². The lowest BCUT2D eigenvalue weighted by atomic mass is 10.6. The van der Waals surface area contributed by atoms with Gasteiger partial charge in [-0.15, -0.1) is 3.89 Å². The maximum Gasteiger partial charge on any atom is 0.303 e. The van der Waals surface area contributed by atoms with E-state index >= 15 is 0 Å². The number of methoxy groups -OCH3 is 1. The molecule has 0 aliphatic carbocycles. The molecule has 0 heterocycles. The molecule has 0 saturated heterocycles. The zero-order chi connectivity index (χ0) is 8.74. The van der Waals surface area contributed by atoms with Crippen LogP contribution in [0.4, 0.5) is 3.89 Å². The highest BCUT2D eigenvalue weighted by atomic mass is 32.3. The number of rotatable bonds is 6. The van der Waals surface area contributed by atoms with E-state index in [1.54, 1.807) is 0 Å². The number of hydrogen-bond donors (Lipinski definition) is 1. The summed E-state index contributed by atoms with van der Waals surface area (Å²) >= 11 is 0. The van der Waals surface area contributed by atoms with Crippen LogP contribution in [-0.4, -0.2) is 41.0 Å². The summed E-state index contributed by atoms with van der Waals surface area (Å²) in [6.07, 6.45) is 0. The molecule has 6 heteroatoms. The second kappa shape index (κ2) is 5.45. The Bertz CT molecular complexity index is 180. The molecule has 0 aromatic rings. The van der Waals surface area contributed by atoms with E-state index in [2.05, 4.69) is 10.1 Å². The summed E-state index contributed by atoms with van der Waals surface area (Å²) in [5.41, 5.74) is 0. The van der Waals surface area contributed by atoms with Crippen molar-refractivity contribution in [1.82, 2.24) is 5.32 Å². The molecule has 0 aliphatic heterocycles. The van der Waals surface area contributed by atoms with E-state index in [-0.39, 0.29) is 6.54 Å². The maximum atomic E-state index is 11.8. The number of ether oxygens (including phenoxy) is 1. The van der Waals surface area contributed by atoms with Crippen LogP contribution in [0.3, 0.4) is 0 Å². The van der Waals surface area contributed by atoms with Crippen molar-refractivity contribution in [2.75, 3.05) is 32.6 Å². The average Bonchev–Trinajstić information content (AvgIpc) is 1.85. The summed E-state index contributed by atoms with van der Waals surface area (Å²) in [4.78, 5) is 0. The Kier molecular flexibility index (Phi) is 5.35. The van der Waals surface area contributed by atoms with Gasteiger partial charge in [-0.2, -0.15) is 8.42 Å². The molecule has 0 atom stereocenters. The van der Waals surface area contributed by atoms with Gasteiger partial charge in [0.1, 0.15) is 0 Å². The van der Waals surface area contributed by atoms with Crippen LogP contribution in [0.5, 0.6) is 0 Å². The topological polar surface area (TPSA) is 55.4 Å². The van der Waals surface area contributed by atoms with Crippen molar-refractivity contribution >= 4 is 10.2 Å². The molecular formula is C5H12FNO3S. The molecule has 0 aromatic heterocycles. The van der Waals surface area contributed by atoms with Crippen molar-refractivity contribution in [1.29, 1.82) is 0 Å². The van der Waals surface area contributed by atoms with Gasteiger partial charge in [-0.1, -0.05) is 0 Å². The molecule has 0 radical (unpaired) electrons. The molecule has 0 fully saturated rings. The van der Waals surface area contributed by atoms with E-state index in [0.29, 0.717) is 13.2 Å². The molecule has 0 unspecified atom stereocenters. The van der Waals surface area contributed by atoms with Crippen LogP contribution < -0.4 is 5.32 Å². The highest BCUT2D eigenvalue weighted by Gasteiger charge is 2.04. The first kappa shape index (κ1) is 10.8. The Balaban J connectivity index is 3.16. The minimum absolute atomic E-state index is 0.127. The summed E-state index contributed by atoms with van der Waals surface area (Å²) in [6, 6.07) is 0. The van der Waals surface area contributed by atoms with Gasteiger partial charge >= 0.3 is 10.2 Å². The van der Waals surface area contributed by atoms with E-state index in [1.165, 1.54) is 7.11 Å².